The zero-order valence-electron chi connectivity index (χ0n) is 17.2. The maximum absolute atomic E-state index is 12.0. The van der Waals surface area contributed by atoms with Gasteiger partial charge in [-0.2, -0.15) is 5.10 Å². The second kappa shape index (κ2) is 11.1. The third kappa shape index (κ3) is 6.38. The number of nitrogens with one attached hydrogen (secondary N) is 2. The maximum atomic E-state index is 12.0. The Kier molecular flexibility index (Phi) is 8.49. The van der Waals surface area contributed by atoms with E-state index in [0.717, 1.165) is 5.56 Å². The Morgan fingerprint density at radius 1 is 1.00 bits per heavy atom. The van der Waals surface area contributed by atoms with Gasteiger partial charge >= 0.3 is 0 Å². The highest BCUT2D eigenvalue weighted by Gasteiger charge is 2.12. The number of rotatable bonds is 9. The molecule has 0 atom stereocenters. The number of ether oxygens (including phenoxy) is 3. The van der Waals surface area contributed by atoms with Crippen LogP contribution in [0.2, 0.25) is 5.02 Å². The van der Waals surface area contributed by atoms with E-state index in [4.69, 9.17) is 25.8 Å². The van der Waals surface area contributed by atoms with Gasteiger partial charge in [-0.15, -0.1) is 0 Å². The van der Waals surface area contributed by atoms with Gasteiger partial charge in [0.2, 0.25) is 17.6 Å². The number of carbonyl (C=O) groups excluding carboxylic acids is 2. The molecule has 2 aromatic rings. The number of benzene rings is 2. The van der Waals surface area contributed by atoms with Gasteiger partial charge in [0.1, 0.15) is 0 Å². The molecule has 9 heteroatoms. The maximum Gasteiger partial charge on any atom is 0.240 e. The number of halogens is 1. The van der Waals surface area contributed by atoms with Gasteiger partial charge in [-0.1, -0.05) is 11.6 Å². The lowest BCUT2D eigenvalue weighted by Gasteiger charge is -2.12. The number of aryl methyl sites for hydroxylation is 1. The molecule has 0 bridgehead atoms. The molecule has 0 saturated carbocycles. The quantitative estimate of drug-likeness (QED) is 0.465. The second-order valence-electron chi connectivity index (χ2n) is 6.26. The zero-order valence-corrected chi connectivity index (χ0v) is 18.0. The van der Waals surface area contributed by atoms with E-state index in [1.807, 2.05) is 6.92 Å². The fraction of sp³-hybridized carbons (Fsp3) is 0.286. The first kappa shape index (κ1) is 23.0. The SMILES string of the molecule is COc1cc(C=NNC(=O)CCC(=O)Nc2ccc(Cl)cc2C)cc(OC)c1OC. The van der Waals surface area contributed by atoms with Crippen LogP contribution in [0.15, 0.2) is 35.4 Å². The predicted octanol–water partition coefficient (Wildman–Crippen LogP) is 3.54. The van der Waals surface area contributed by atoms with E-state index in [9.17, 15) is 9.59 Å². The number of hydrogen-bond acceptors (Lipinski definition) is 6. The van der Waals surface area contributed by atoms with Crippen LogP contribution in [0, 0.1) is 6.92 Å². The summed E-state index contributed by atoms with van der Waals surface area (Å²) in [7, 11) is 4.53. The lowest BCUT2D eigenvalue weighted by molar-refractivity contribution is -0.124. The summed E-state index contributed by atoms with van der Waals surface area (Å²) in [5.41, 5.74) is 4.53. The Balaban J connectivity index is 1.88. The molecule has 0 aliphatic heterocycles. The lowest BCUT2D eigenvalue weighted by atomic mass is 10.2. The molecule has 0 spiro atoms. The van der Waals surface area contributed by atoms with Crippen molar-refractivity contribution in [1.82, 2.24) is 5.43 Å². The van der Waals surface area contributed by atoms with E-state index in [2.05, 4.69) is 15.8 Å². The van der Waals surface area contributed by atoms with Gasteiger partial charge in [0.25, 0.3) is 0 Å². The molecule has 0 fully saturated rings. The standard InChI is InChI=1S/C21H24ClN3O5/c1-13-9-15(22)5-6-16(13)24-19(26)7-8-20(27)25-23-12-14-10-17(28-2)21(30-4)18(11-14)29-3/h5-6,9-12H,7-8H2,1-4H3,(H,24,26)(H,25,27). The van der Waals surface area contributed by atoms with Crippen LogP contribution in [0.4, 0.5) is 5.69 Å². The summed E-state index contributed by atoms with van der Waals surface area (Å²) < 4.78 is 15.8. The molecule has 2 amide bonds. The van der Waals surface area contributed by atoms with Crippen LogP contribution in [0.3, 0.4) is 0 Å². The van der Waals surface area contributed by atoms with Crippen molar-refractivity contribution in [2.75, 3.05) is 26.6 Å². The first-order valence-electron chi connectivity index (χ1n) is 9.05. The molecule has 0 aliphatic carbocycles. The van der Waals surface area contributed by atoms with Gasteiger partial charge in [0, 0.05) is 29.1 Å². The predicted molar refractivity (Wildman–Crippen MR) is 116 cm³/mol. The average Bonchev–Trinajstić information content (AvgIpc) is 2.73. The van der Waals surface area contributed by atoms with Crippen molar-refractivity contribution in [2.24, 2.45) is 5.10 Å². The van der Waals surface area contributed by atoms with E-state index in [0.29, 0.717) is 33.5 Å². The second-order valence-corrected chi connectivity index (χ2v) is 6.70. The summed E-state index contributed by atoms with van der Waals surface area (Å²) >= 11 is 5.90. The third-order valence-corrected chi connectivity index (χ3v) is 4.37. The van der Waals surface area contributed by atoms with Crippen LogP contribution in [0.1, 0.15) is 24.0 Å². The summed E-state index contributed by atoms with van der Waals surface area (Å²) in [6.07, 6.45) is 1.46. The summed E-state index contributed by atoms with van der Waals surface area (Å²) in [6.45, 7) is 1.84. The van der Waals surface area contributed by atoms with Crippen molar-refractivity contribution in [3.8, 4) is 17.2 Å². The number of methoxy groups -OCH3 is 3. The number of nitrogens with zero attached hydrogens (tertiary/aromatic N) is 1. The van der Waals surface area contributed by atoms with E-state index >= 15 is 0 Å². The minimum absolute atomic E-state index is 0.00886. The Labute approximate surface area is 180 Å². The van der Waals surface area contributed by atoms with Gasteiger partial charge in [0.15, 0.2) is 11.5 Å². The summed E-state index contributed by atoms with van der Waals surface area (Å²) in [4.78, 5) is 24.0. The smallest absolute Gasteiger partial charge is 0.240 e. The van der Waals surface area contributed by atoms with Gasteiger partial charge in [-0.25, -0.2) is 5.43 Å². The summed E-state index contributed by atoms with van der Waals surface area (Å²) in [5.74, 6) is 0.742. The van der Waals surface area contributed by atoms with Crippen LogP contribution >= 0.6 is 11.6 Å². The van der Waals surface area contributed by atoms with E-state index in [1.54, 1.807) is 30.3 Å². The minimum atomic E-state index is -0.387. The molecule has 0 aliphatic rings. The molecule has 8 nitrogen and oxygen atoms in total. The fourth-order valence-corrected chi connectivity index (χ4v) is 2.84. The molecule has 0 radical (unpaired) electrons. The molecular formula is C21H24ClN3O5. The zero-order chi connectivity index (χ0) is 22.1. The average molecular weight is 434 g/mol. The molecule has 30 heavy (non-hydrogen) atoms. The minimum Gasteiger partial charge on any atom is -0.493 e. The molecule has 160 valence electrons. The van der Waals surface area contributed by atoms with Crippen LogP contribution in [-0.4, -0.2) is 39.4 Å². The van der Waals surface area contributed by atoms with Gasteiger partial charge in [0.05, 0.1) is 27.5 Å². The molecule has 0 aromatic heterocycles. The Bertz CT molecular complexity index is 921. The summed E-state index contributed by atoms with van der Waals surface area (Å²) in [5, 5.41) is 7.26. The molecule has 0 saturated heterocycles. The van der Waals surface area contributed by atoms with Crippen LogP contribution in [0.25, 0.3) is 0 Å². The number of anilines is 1. The highest BCUT2D eigenvalue weighted by molar-refractivity contribution is 6.30. The van der Waals surface area contributed by atoms with E-state index < -0.39 is 0 Å². The van der Waals surface area contributed by atoms with E-state index in [1.165, 1.54) is 27.5 Å². The first-order chi connectivity index (χ1) is 14.4. The Morgan fingerprint density at radius 3 is 2.20 bits per heavy atom. The number of carbonyl (C=O) groups is 2. The number of hydrazone groups is 1. The summed E-state index contributed by atoms with van der Waals surface area (Å²) in [6, 6.07) is 8.55. The van der Waals surface area contributed by atoms with Crippen LogP contribution in [-0.2, 0) is 9.59 Å². The van der Waals surface area contributed by atoms with Gasteiger partial charge < -0.3 is 19.5 Å². The van der Waals surface area contributed by atoms with Gasteiger partial charge in [-0.05, 0) is 42.8 Å². The van der Waals surface area contributed by atoms with Crippen molar-refractivity contribution >= 4 is 35.3 Å². The van der Waals surface area contributed by atoms with Crippen LogP contribution < -0.4 is 25.0 Å². The van der Waals surface area contributed by atoms with Crippen molar-refractivity contribution in [3.63, 3.8) is 0 Å². The largest absolute Gasteiger partial charge is 0.493 e. The highest BCUT2D eigenvalue weighted by Crippen LogP contribution is 2.37. The molecule has 0 heterocycles. The van der Waals surface area contributed by atoms with Crippen molar-refractivity contribution in [1.29, 1.82) is 0 Å². The molecule has 2 aromatic carbocycles. The Morgan fingerprint density at radius 2 is 1.63 bits per heavy atom. The van der Waals surface area contributed by atoms with E-state index in [-0.39, 0.29) is 24.7 Å². The van der Waals surface area contributed by atoms with Crippen molar-refractivity contribution in [3.05, 3.63) is 46.5 Å². The third-order valence-electron chi connectivity index (χ3n) is 4.13. The lowest BCUT2D eigenvalue weighted by Crippen LogP contribution is -2.20. The molecule has 2 N–H and O–H groups in total. The van der Waals surface area contributed by atoms with Gasteiger partial charge in [-0.3, -0.25) is 9.59 Å². The number of hydrogen-bond donors (Lipinski definition) is 2. The topological polar surface area (TPSA) is 98.2 Å². The first-order valence-corrected chi connectivity index (χ1v) is 9.43. The molecular weight excluding hydrogens is 410 g/mol. The van der Waals surface area contributed by atoms with Crippen molar-refractivity contribution in [2.45, 2.75) is 19.8 Å². The van der Waals surface area contributed by atoms with Crippen LogP contribution in [0.5, 0.6) is 17.2 Å². The molecule has 2 rings (SSSR count). The number of amides is 2. The Hall–Kier alpha value is -3.26. The molecule has 0 unspecified atom stereocenters. The normalized spacial score (nSPS) is 10.6. The highest BCUT2D eigenvalue weighted by atomic mass is 35.5. The fourth-order valence-electron chi connectivity index (χ4n) is 2.62. The monoisotopic (exact) mass is 433 g/mol. The van der Waals surface area contributed by atoms with Crippen molar-refractivity contribution < 1.29 is 23.8 Å².